The summed E-state index contributed by atoms with van der Waals surface area (Å²) in [6.07, 6.45) is -0.0928. The van der Waals surface area contributed by atoms with Crippen molar-refractivity contribution in [1.82, 2.24) is 15.2 Å². The molecule has 2 amide bonds. The monoisotopic (exact) mass is 482 g/mol. The highest BCUT2D eigenvalue weighted by Gasteiger charge is 2.25. The number of hydrogen-bond acceptors (Lipinski definition) is 7. The molecule has 0 saturated carbocycles. The first-order valence-electron chi connectivity index (χ1n) is 11.3. The topological polar surface area (TPSA) is 92.8 Å². The van der Waals surface area contributed by atoms with Crippen LogP contribution in [0.5, 0.6) is 5.75 Å². The average Bonchev–Trinajstić information content (AvgIpc) is 3.28. The van der Waals surface area contributed by atoms with Crippen LogP contribution in [-0.2, 0) is 4.74 Å². The third kappa shape index (κ3) is 5.38. The summed E-state index contributed by atoms with van der Waals surface area (Å²) in [4.78, 5) is 32.1. The van der Waals surface area contributed by atoms with E-state index in [2.05, 4.69) is 22.5 Å². The first-order valence-corrected chi connectivity index (χ1v) is 12.1. The lowest BCUT2D eigenvalue weighted by Gasteiger charge is -2.30. The number of carbonyl (C=O) groups is 2. The van der Waals surface area contributed by atoms with Crippen LogP contribution in [0.4, 0.5) is 5.69 Å². The maximum Gasteiger partial charge on any atom is 0.284 e. The minimum atomic E-state index is -0.301. The summed E-state index contributed by atoms with van der Waals surface area (Å²) < 4.78 is 12.7. The Morgan fingerprint density at radius 2 is 2.06 bits per heavy atom. The molecule has 2 aromatic carbocycles. The molecular formula is C25H30N4O4S. The van der Waals surface area contributed by atoms with Gasteiger partial charge in [0.25, 0.3) is 11.8 Å². The predicted octanol–water partition coefficient (Wildman–Crippen LogP) is 3.64. The Hall–Kier alpha value is -3.01. The third-order valence-electron chi connectivity index (χ3n) is 5.97. The van der Waals surface area contributed by atoms with Crippen molar-refractivity contribution in [2.24, 2.45) is 5.92 Å². The minimum Gasteiger partial charge on any atom is -0.491 e. The number of fused-ring (bicyclic) bond motifs is 2. The molecule has 8 nitrogen and oxygen atoms in total. The van der Waals surface area contributed by atoms with Gasteiger partial charge < -0.3 is 25.0 Å². The molecule has 1 aliphatic rings. The lowest BCUT2D eigenvalue weighted by molar-refractivity contribution is 0.0281. The Kier molecular flexibility index (Phi) is 7.45. The van der Waals surface area contributed by atoms with Gasteiger partial charge in [-0.25, -0.2) is 4.98 Å². The number of hydrogen-bond donors (Lipinski definition) is 2. The maximum absolute atomic E-state index is 13.2. The molecule has 3 atom stereocenters. The molecular weight excluding hydrogens is 452 g/mol. The van der Waals surface area contributed by atoms with E-state index in [-0.39, 0.29) is 29.9 Å². The Morgan fingerprint density at radius 3 is 2.82 bits per heavy atom. The molecule has 0 aliphatic carbocycles. The van der Waals surface area contributed by atoms with Crippen LogP contribution in [0.2, 0.25) is 0 Å². The van der Waals surface area contributed by atoms with E-state index in [1.54, 1.807) is 37.3 Å². The van der Waals surface area contributed by atoms with Gasteiger partial charge in [-0.05, 0) is 37.1 Å². The van der Waals surface area contributed by atoms with E-state index in [0.29, 0.717) is 35.2 Å². The van der Waals surface area contributed by atoms with Gasteiger partial charge in [0.05, 0.1) is 21.9 Å². The Morgan fingerprint density at radius 1 is 1.26 bits per heavy atom. The van der Waals surface area contributed by atoms with Gasteiger partial charge >= 0.3 is 0 Å². The number of rotatable bonds is 3. The largest absolute Gasteiger partial charge is 0.491 e. The van der Waals surface area contributed by atoms with Crippen molar-refractivity contribution in [2.45, 2.75) is 26.0 Å². The number of carbonyl (C=O) groups excluding carboxylic acids is 2. The smallest absolute Gasteiger partial charge is 0.284 e. The van der Waals surface area contributed by atoms with Crippen LogP contribution in [0, 0.1) is 5.92 Å². The molecule has 4 rings (SSSR count). The van der Waals surface area contributed by atoms with Crippen molar-refractivity contribution >= 4 is 39.1 Å². The summed E-state index contributed by atoms with van der Waals surface area (Å²) in [6, 6.07) is 12.8. The van der Waals surface area contributed by atoms with E-state index in [4.69, 9.17) is 9.47 Å². The van der Waals surface area contributed by atoms with Gasteiger partial charge in [0.15, 0.2) is 5.01 Å². The van der Waals surface area contributed by atoms with Crippen molar-refractivity contribution in [3.05, 3.63) is 53.0 Å². The second kappa shape index (κ2) is 10.5. The van der Waals surface area contributed by atoms with Gasteiger partial charge in [0, 0.05) is 45.0 Å². The number of para-hydroxylation sites is 1. The van der Waals surface area contributed by atoms with Gasteiger partial charge in [-0.2, -0.15) is 0 Å². The van der Waals surface area contributed by atoms with Gasteiger partial charge in [0.1, 0.15) is 12.4 Å². The molecule has 0 unspecified atom stereocenters. The number of anilines is 1. The summed E-state index contributed by atoms with van der Waals surface area (Å²) in [6.45, 7) is 5.72. The second-order valence-electron chi connectivity index (χ2n) is 8.71. The molecule has 3 aromatic rings. The number of methoxy groups -OCH3 is 1. The quantitative estimate of drug-likeness (QED) is 0.592. The van der Waals surface area contributed by atoms with Crippen LogP contribution in [0.15, 0.2) is 42.5 Å². The molecule has 9 heteroatoms. The molecule has 0 fully saturated rings. The normalized spacial score (nSPS) is 21.8. The molecule has 0 spiro atoms. The lowest BCUT2D eigenvalue weighted by Crippen LogP contribution is -2.44. The zero-order chi connectivity index (χ0) is 24.2. The molecule has 1 aliphatic heterocycles. The second-order valence-corrected chi connectivity index (χ2v) is 9.74. The number of nitrogens with one attached hydrogen (secondary N) is 2. The highest BCUT2D eigenvalue weighted by atomic mass is 32.1. The number of benzene rings is 2. The molecule has 1 aromatic heterocycles. The van der Waals surface area contributed by atoms with E-state index in [1.807, 2.05) is 31.2 Å². The number of likely N-dealkylation sites (N-methyl/N-ethyl adjacent to an activating group) is 1. The molecule has 0 radical (unpaired) electrons. The SMILES string of the molecule is CO[C@@H]1CN(C)C(=O)c2ccc(NC(=O)c3nc4ccccc4s3)cc2OC[C@@H](C)NC[C@@H]1C. The van der Waals surface area contributed by atoms with Crippen LogP contribution in [0.25, 0.3) is 10.2 Å². The highest BCUT2D eigenvalue weighted by Crippen LogP contribution is 2.27. The van der Waals surface area contributed by atoms with Crippen LogP contribution < -0.4 is 15.4 Å². The summed E-state index contributed by atoms with van der Waals surface area (Å²) in [7, 11) is 3.43. The Bertz CT molecular complexity index is 1150. The summed E-state index contributed by atoms with van der Waals surface area (Å²) in [5, 5.41) is 6.73. The number of aromatic nitrogens is 1. The van der Waals surface area contributed by atoms with E-state index in [0.717, 1.165) is 16.8 Å². The van der Waals surface area contributed by atoms with Crippen LogP contribution in [-0.4, -0.2) is 67.7 Å². The minimum absolute atomic E-state index is 0.0704. The van der Waals surface area contributed by atoms with Crippen molar-refractivity contribution in [3.8, 4) is 5.75 Å². The van der Waals surface area contributed by atoms with Crippen LogP contribution >= 0.6 is 11.3 Å². The summed E-state index contributed by atoms with van der Waals surface area (Å²) in [5.41, 5.74) is 1.77. The average molecular weight is 483 g/mol. The maximum atomic E-state index is 13.2. The number of amides is 2. The van der Waals surface area contributed by atoms with Crippen molar-refractivity contribution in [1.29, 1.82) is 0 Å². The van der Waals surface area contributed by atoms with E-state index >= 15 is 0 Å². The van der Waals surface area contributed by atoms with Gasteiger partial charge in [-0.15, -0.1) is 11.3 Å². The van der Waals surface area contributed by atoms with Crippen LogP contribution in [0.1, 0.15) is 34.0 Å². The predicted molar refractivity (Wildman–Crippen MR) is 134 cm³/mol. The fourth-order valence-electron chi connectivity index (χ4n) is 3.89. The van der Waals surface area contributed by atoms with Gasteiger partial charge in [0.2, 0.25) is 0 Å². The Balaban J connectivity index is 1.58. The molecule has 2 N–H and O–H groups in total. The number of ether oxygens (including phenoxy) is 2. The van der Waals surface area contributed by atoms with Crippen molar-refractivity contribution in [3.63, 3.8) is 0 Å². The molecule has 34 heavy (non-hydrogen) atoms. The van der Waals surface area contributed by atoms with Crippen LogP contribution in [0.3, 0.4) is 0 Å². The molecule has 0 saturated heterocycles. The van der Waals surface area contributed by atoms with Crippen molar-refractivity contribution in [2.75, 3.05) is 39.2 Å². The lowest BCUT2D eigenvalue weighted by atomic mass is 10.0. The van der Waals surface area contributed by atoms with E-state index < -0.39 is 0 Å². The van der Waals surface area contributed by atoms with Gasteiger partial charge in [-0.1, -0.05) is 19.1 Å². The Labute approximate surface area is 203 Å². The molecule has 0 bridgehead atoms. The number of thiazole rings is 1. The fraction of sp³-hybridized carbons (Fsp3) is 0.400. The third-order valence-corrected chi connectivity index (χ3v) is 7.01. The van der Waals surface area contributed by atoms with E-state index in [1.165, 1.54) is 11.3 Å². The summed E-state index contributed by atoms with van der Waals surface area (Å²) in [5.74, 6) is 0.191. The number of nitrogens with zero attached hydrogens (tertiary/aromatic N) is 2. The fourth-order valence-corrected chi connectivity index (χ4v) is 4.75. The zero-order valence-corrected chi connectivity index (χ0v) is 20.6. The van der Waals surface area contributed by atoms with E-state index in [9.17, 15) is 9.59 Å². The first-order chi connectivity index (χ1) is 16.4. The standard InChI is InChI=1S/C25H30N4O4S/c1-15-12-26-16(2)14-33-20-11-17(9-10-18(20)25(31)29(3)13-21(15)32-4)27-23(30)24-28-19-7-5-6-8-22(19)34-24/h5-11,15-16,21,26H,12-14H2,1-4H3,(H,27,30)/t15-,16+,21+/m0/s1. The first kappa shape index (κ1) is 24.1. The van der Waals surface area contributed by atoms with Gasteiger partial charge in [-0.3, -0.25) is 9.59 Å². The zero-order valence-electron chi connectivity index (χ0n) is 19.8. The van der Waals surface area contributed by atoms with Crippen molar-refractivity contribution < 1.29 is 19.1 Å². The summed E-state index contributed by atoms with van der Waals surface area (Å²) >= 11 is 1.34. The highest BCUT2D eigenvalue weighted by molar-refractivity contribution is 7.20. The molecule has 2 heterocycles. The molecule has 180 valence electrons.